The van der Waals surface area contributed by atoms with Gasteiger partial charge in [0.1, 0.15) is 6.23 Å². The van der Waals surface area contributed by atoms with E-state index in [9.17, 15) is 0 Å². The van der Waals surface area contributed by atoms with Crippen molar-refractivity contribution in [1.82, 2.24) is 10.8 Å². The van der Waals surface area contributed by atoms with E-state index in [1.807, 2.05) is 12.4 Å². The van der Waals surface area contributed by atoms with Crippen molar-refractivity contribution in [3.8, 4) is 0 Å². The zero-order valence-electron chi connectivity index (χ0n) is 5.76. The summed E-state index contributed by atoms with van der Waals surface area (Å²) in [5, 5.41) is 19.8. The molecule has 2 atom stereocenters. The third kappa shape index (κ3) is 3.42. The van der Waals surface area contributed by atoms with Crippen molar-refractivity contribution in [2.24, 2.45) is 5.92 Å². The smallest absolute Gasteiger partial charge is 0.108 e. The van der Waals surface area contributed by atoms with Gasteiger partial charge in [-0.15, -0.1) is 0 Å². The Bertz CT molecular complexity index is 70.0. The standard InChI is InChI=1S/C5H14N2O2/c1-4(3-7-9)5(8)6-2/h4-9H,3H2,1-2H3. The second kappa shape index (κ2) is 4.69. The highest BCUT2D eigenvalue weighted by molar-refractivity contribution is 4.59. The number of aliphatic hydroxyl groups is 1. The SMILES string of the molecule is CNC(O)C(C)CNO. The number of nitrogens with one attached hydrogen (secondary N) is 2. The van der Waals surface area contributed by atoms with Crippen LogP contribution in [0.15, 0.2) is 0 Å². The minimum absolute atomic E-state index is 0.0139. The third-order valence-electron chi connectivity index (χ3n) is 1.25. The Labute approximate surface area is 54.8 Å². The fourth-order valence-electron chi connectivity index (χ4n) is 0.540. The molecule has 0 aromatic heterocycles. The molecule has 0 aliphatic rings. The summed E-state index contributed by atoms with van der Waals surface area (Å²) in [7, 11) is 1.67. The van der Waals surface area contributed by atoms with E-state index >= 15 is 0 Å². The first kappa shape index (κ1) is 8.84. The van der Waals surface area contributed by atoms with E-state index in [0.717, 1.165) is 0 Å². The minimum atomic E-state index is -0.551. The number of hydrogen-bond donors (Lipinski definition) is 4. The Kier molecular flexibility index (Phi) is 4.61. The molecule has 0 saturated carbocycles. The van der Waals surface area contributed by atoms with E-state index < -0.39 is 6.23 Å². The van der Waals surface area contributed by atoms with Crippen LogP contribution in [0.25, 0.3) is 0 Å². The van der Waals surface area contributed by atoms with Gasteiger partial charge in [0.2, 0.25) is 0 Å². The largest absolute Gasteiger partial charge is 0.378 e. The van der Waals surface area contributed by atoms with Gasteiger partial charge < -0.3 is 10.3 Å². The molecular formula is C5H14N2O2. The molecule has 0 bridgehead atoms. The molecule has 0 rings (SSSR count). The molecule has 0 heterocycles. The van der Waals surface area contributed by atoms with Crippen molar-refractivity contribution in [2.45, 2.75) is 13.2 Å². The van der Waals surface area contributed by atoms with E-state index in [2.05, 4.69) is 5.32 Å². The maximum absolute atomic E-state index is 9.00. The second-order valence-corrected chi connectivity index (χ2v) is 2.07. The first-order valence-corrected chi connectivity index (χ1v) is 2.94. The molecule has 56 valence electrons. The van der Waals surface area contributed by atoms with Crippen LogP contribution in [-0.2, 0) is 0 Å². The van der Waals surface area contributed by atoms with Gasteiger partial charge in [0.15, 0.2) is 0 Å². The maximum Gasteiger partial charge on any atom is 0.108 e. The summed E-state index contributed by atoms with van der Waals surface area (Å²) in [6.07, 6.45) is -0.551. The Morgan fingerprint density at radius 3 is 2.44 bits per heavy atom. The molecule has 0 aliphatic carbocycles. The van der Waals surface area contributed by atoms with E-state index in [-0.39, 0.29) is 5.92 Å². The normalized spacial score (nSPS) is 17.3. The first-order chi connectivity index (χ1) is 4.22. The van der Waals surface area contributed by atoms with Gasteiger partial charge in [-0.1, -0.05) is 6.92 Å². The fraction of sp³-hybridized carbons (Fsp3) is 1.00. The molecule has 4 N–H and O–H groups in total. The molecule has 0 spiro atoms. The predicted molar refractivity (Wildman–Crippen MR) is 34.0 cm³/mol. The van der Waals surface area contributed by atoms with Crippen LogP contribution < -0.4 is 10.8 Å². The molecule has 0 aliphatic heterocycles. The summed E-state index contributed by atoms with van der Waals surface area (Å²) in [4.78, 5) is 0. The monoisotopic (exact) mass is 134 g/mol. The number of aliphatic hydroxyl groups excluding tert-OH is 1. The summed E-state index contributed by atoms with van der Waals surface area (Å²) in [5.74, 6) is 0.0139. The van der Waals surface area contributed by atoms with Gasteiger partial charge in [0.25, 0.3) is 0 Å². The molecule has 9 heavy (non-hydrogen) atoms. The summed E-state index contributed by atoms with van der Waals surface area (Å²) in [6, 6.07) is 0. The van der Waals surface area contributed by atoms with E-state index in [0.29, 0.717) is 6.54 Å². The average molecular weight is 134 g/mol. The van der Waals surface area contributed by atoms with Crippen LogP contribution in [0.1, 0.15) is 6.92 Å². The van der Waals surface area contributed by atoms with E-state index in [1.54, 1.807) is 7.05 Å². The highest BCUT2D eigenvalue weighted by atomic mass is 16.5. The fourth-order valence-corrected chi connectivity index (χ4v) is 0.540. The first-order valence-electron chi connectivity index (χ1n) is 2.94. The van der Waals surface area contributed by atoms with Gasteiger partial charge >= 0.3 is 0 Å². The van der Waals surface area contributed by atoms with Crippen molar-refractivity contribution < 1.29 is 10.3 Å². The third-order valence-corrected chi connectivity index (χ3v) is 1.25. The van der Waals surface area contributed by atoms with Gasteiger partial charge in [0.05, 0.1) is 0 Å². The highest BCUT2D eigenvalue weighted by Gasteiger charge is 2.09. The quantitative estimate of drug-likeness (QED) is 0.298. The maximum atomic E-state index is 9.00. The van der Waals surface area contributed by atoms with Crippen LogP contribution in [0.2, 0.25) is 0 Å². The second-order valence-electron chi connectivity index (χ2n) is 2.07. The zero-order valence-corrected chi connectivity index (χ0v) is 5.76. The Balaban J connectivity index is 3.32. The molecule has 0 aromatic rings. The molecule has 4 nitrogen and oxygen atoms in total. The molecular weight excluding hydrogens is 120 g/mol. The molecule has 0 amide bonds. The van der Waals surface area contributed by atoms with Crippen molar-refractivity contribution >= 4 is 0 Å². The summed E-state index contributed by atoms with van der Waals surface area (Å²) < 4.78 is 0. The van der Waals surface area contributed by atoms with Crippen LogP contribution in [0.3, 0.4) is 0 Å². The van der Waals surface area contributed by atoms with Crippen molar-refractivity contribution in [3.63, 3.8) is 0 Å². The van der Waals surface area contributed by atoms with Crippen molar-refractivity contribution in [1.29, 1.82) is 0 Å². The van der Waals surface area contributed by atoms with Crippen LogP contribution in [-0.4, -0.2) is 30.1 Å². The van der Waals surface area contributed by atoms with Gasteiger partial charge in [-0.2, -0.15) is 0 Å². The molecule has 2 unspecified atom stereocenters. The molecule has 4 heteroatoms. The lowest BCUT2D eigenvalue weighted by atomic mass is 10.1. The Hall–Kier alpha value is -0.160. The van der Waals surface area contributed by atoms with Crippen LogP contribution in [0.5, 0.6) is 0 Å². The number of rotatable bonds is 4. The number of hydroxylamine groups is 1. The Morgan fingerprint density at radius 1 is 1.56 bits per heavy atom. The van der Waals surface area contributed by atoms with Crippen molar-refractivity contribution in [3.05, 3.63) is 0 Å². The minimum Gasteiger partial charge on any atom is -0.378 e. The van der Waals surface area contributed by atoms with E-state index in [1.165, 1.54) is 0 Å². The Morgan fingerprint density at radius 2 is 2.11 bits per heavy atom. The zero-order chi connectivity index (χ0) is 7.28. The number of hydrogen-bond acceptors (Lipinski definition) is 4. The molecule has 0 saturated heterocycles. The van der Waals surface area contributed by atoms with Crippen LogP contribution in [0, 0.1) is 5.92 Å². The van der Waals surface area contributed by atoms with Crippen molar-refractivity contribution in [2.75, 3.05) is 13.6 Å². The van der Waals surface area contributed by atoms with Gasteiger partial charge in [-0.25, -0.2) is 5.48 Å². The predicted octanol–water partition coefficient (Wildman–Crippen LogP) is -0.861. The molecule has 0 aromatic carbocycles. The van der Waals surface area contributed by atoms with E-state index in [4.69, 9.17) is 10.3 Å². The lowest BCUT2D eigenvalue weighted by Crippen LogP contribution is -2.36. The highest BCUT2D eigenvalue weighted by Crippen LogP contribution is 1.95. The lowest BCUT2D eigenvalue weighted by molar-refractivity contribution is 0.0611. The van der Waals surface area contributed by atoms with Gasteiger partial charge in [-0.05, 0) is 7.05 Å². The van der Waals surface area contributed by atoms with Gasteiger partial charge in [0, 0.05) is 12.5 Å². The summed E-state index contributed by atoms with van der Waals surface area (Å²) >= 11 is 0. The average Bonchev–Trinajstić information content (AvgIpc) is 1.87. The summed E-state index contributed by atoms with van der Waals surface area (Å²) in [6.45, 7) is 2.21. The van der Waals surface area contributed by atoms with Crippen LogP contribution in [0.4, 0.5) is 0 Å². The molecule has 0 radical (unpaired) electrons. The van der Waals surface area contributed by atoms with Crippen LogP contribution >= 0.6 is 0 Å². The van der Waals surface area contributed by atoms with Gasteiger partial charge in [-0.3, -0.25) is 5.32 Å². The lowest BCUT2D eigenvalue weighted by Gasteiger charge is -2.16. The molecule has 0 fully saturated rings. The summed E-state index contributed by atoms with van der Waals surface area (Å²) in [5.41, 5.74) is 1.98. The topological polar surface area (TPSA) is 64.5 Å².